The van der Waals surface area contributed by atoms with Crippen molar-refractivity contribution in [2.45, 2.75) is 0 Å². The lowest BCUT2D eigenvalue weighted by molar-refractivity contribution is 1.18. The molecule has 0 saturated carbocycles. The number of hydrogen-bond acceptors (Lipinski definition) is 0. The Bertz CT molecular complexity index is 2920. The van der Waals surface area contributed by atoms with Crippen molar-refractivity contribution in [2.75, 3.05) is 0 Å². The van der Waals surface area contributed by atoms with Crippen LogP contribution in [0.4, 0.5) is 0 Å². The predicted octanol–water partition coefficient (Wildman–Crippen LogP) is 13.5. The summed E-state index contributed by atoms with van der Waals surface area (Å²) in [5, 5.41) is 5.68. The molecule has 0 aliphatic heterocycles. The van der Waals surface area contributed by atoms with Crippen molar-refractivity contribution in [3.05, 3.63) is 193 Å². The highest BCUT2D eigenvalue weighted by molar-refractivity contribution is 6.30. The van der Waals surface area contributed by atoms with Crippen LogP contribution in [0.2, 0.25) is 5.02 Å². The van der Waals surface area contributed by atoms with Gasteiger partial charge in [0.25, 0.3) is 0 Å². The summed E-state index contributed by atoms with van der Waals surface area (Å²) in [5.74, 6) is 0. The summed E-state index contributed by atoms with van der Waals surface area (Å²) in [6.07, 6.45) is 0. The topological polar surface area (TPSA) is 9.86 Å². The van der Waals surface area contributed by atoms with Gasteiger partial charge in [-0.2, -0.15) is 0 Å². The summed E-state index contributed by atoms with van der Waals surface area (Å²) >= 11 is 6.40. The zero-order valence-electron chi connectivity index (χ0n) is 27.7. The maximum Gasteiger partial charge on any atom is 0.0541 e. The fourth-order valence-corrected chi connectivity index (χ4v) is 7.98. The third kappa shape index (κ3) is 4.95. The monoisotopic (exact) mass is 670 g/mol. The zero-order valence-corrected chi connectivity index (χ0v) is 28.4. The van der Waals surface area contributed by atoms with E-state index in [0.717, 1.165) is 21.8 Å². The van der Waals surface area contributed by atoms with E-state index in [1.165, 1.54) is 71.6 Å². The SMILES string of the molecule is Clc1cccc(-c2cccc(-n3c4ccc(-c5ccccc5)cc4c4cc(-c5ccc6c(c5)c5ccccc5n6-c5ccccc5)ccc43)c2)c1. The van der Waals surface area contributed by atoms with Crippen molar-refractivity contribution in [1.82, 2.24) is 9.13 Å². The molecule has 10 aromatic rings. The van der Waals surface area contributed by atoms with E-state index in [1.54, 1.807) is 0 Å². The fourth-order valence-electron chi connectivity index (χ4n) is 7.79. The standard InChI is InChI=1S/C48H31ClN2/c49-38-15-9-13-33(27-38)34-14-10-18-40(28-34)51-47-24-21-35(32-11-3-1-4-12-32)29-43(47)44-31-37(23-26-48(44)51)36-22-25-46-42(30-36)41-19-7-8-20-45(41)50(46)39-16-5-2-6-17-39/h1-31H. The molecule has 2 aromatic heterocycles. The molecule has 8 aromatic carbocycles. The summed E-state index contributed by atoms with van der Waals surface area (Å²) in [7, 11) is 0. The largest absolute Gasteiger partial charge is 0.309 e. The Morgan fingerprint density at radius 2 is 0.706 bits per heavy atom. The smallest absolute Gasteiger partial charge is 0.0541 e. The number of halogens is 1. The molecule has 10 rings (SSSR count). The van der Waals surface area contributed by atoms with Crippen LogP contribution in [0.3, 0.4) is 0 Å². The fraction of sp³-hybridized carbons (Fsp3) is 0. The van der Waals surface area contributed by atoms with Crippen molar-refractivity contribution >= 4 is 55.2 Å². The van der Waals surface area contributed by atoms with Crippen LogP contribution in [0.15, 0.2) is 188 Å². The van der Waals surface area contributed by atoms with Crippen molar-refractivity contribution < 1.29 is 0 Å². The van der Waals surface area contributed by atoms with Gasteiger partial charge < -0.3 is 9.13 Å². The highest BCUT2D eigenvalue weighted by atomic mass is 35.5. The van der Waals surface area contributed by atoms with E-state index < -0.39 is 0 Å². The maximum absolute atomic E-state index is 6.40. The summed E-state index contributed by atoms with van der Waals surface area (Å²) in [6.45, 7) is 0. The first-order chi connectivity index (χ1) is 25.2. The van der Waals surface area contributed by atoms with Crippen molar-refractivity contribution in [2.24, 2.45) is 0 Å². The molecule has 51 heavy (non-hydrogen) atoms. The third-order valence-corrected chi connectivity index (χ3v) is 10.4. The Morgan fingerprint density at radius 3 is 1.35 bits per heavy atom. The second kappa shape index (κ2) is 11.9. The van der Waals surface area contributed by atoms with Gasteiger partial charge in [0, 0.05) is 37.9 Å². The molecular weight excluding hydrogens is 640 g/mol. The Balaban J connectivity index is 1.19. The molecule has 240 valence electrons. The van der Waals surface area contributed by atoms with Crippen molar-refractivity contribution in [3.63, 3.8) is 0 Å². The molecule has 0 amide bonds. The minimum absolute atomic E-state index is 0.735. The van der Waals surface area contributed by atoms with Crippen LogP contribution in [0.1, 0.15) is 0 Å². The van der Waals surface area contributed by atoms with Gasteiger partial charge in [-0.05, 0) is 112 Å². The molecule has 0 bridgehead atoms. The number of nitrogens with zero attached hydrogens (tertiary/aromatic N) is 2. The van der Waals surface area contributed by atoms with E-state index in [9.17, 15) is 0 Å². The Kier molecular flexibility index (Phi) is 6.90. The van der Waals surface area contributed by atoms with Crippen molar-refractivity contribution in [3.8, 4) is 44.8 Å². The van der Waals surface area contributed by atoms with Gasteiger partial charge in [0.2, 0.25) is 0 Å². The van der Waals surface area contributed by atoms with Crippen LogP contribution in [-0.2, 0) is 0 Å². The van der Waals surface area contributed by atoms with Crippen LogP contribution in [0, 0.1) is 0 Å². The van der Waals surface area contributed by atoms with Crippen LogP contribution in [0.5, 0.6) is 0 Å². The molecule has 0 fully saturated rings. The van der Waals surface area contributed by atoms with E-state index in [2.05, 4.69) is 179 Å². The van der Waals surface area contributed by atoms with E-state index in [1.807, 2.05) is 18.2 Å². The molecule has 0 N–H and O–H groups in total. The average molecular weight is 671 g/mol. The van der Waals surface area contributed by atoms with Crippen LogP contribution < -0.4 is 0 Å². The quantitative estimate of drug-likeness (QED) is 0.172. The van der Waals surface area contributed by atoms with Gasteiger partial charge in [0.15, 0.2) is 0 Å². The third-order valence-electron chi connectivity index (χ3n) is 10.2. The van der Waals surface area contributed by atoms with Crippen LogP contribution in [0.25, 0.3) is 88.4 Å². The first-order valence-electron chi connectivity index (χ1n) is 17.3. The Labute approximate surface area is 301 Å². The zero-order chi connectivity index (χ0) is 33.9. The highest BCUT2D eigenvalue weighted by Gasteiger charge is 2.17. The van der Waals surface area contributed by atoms with Gasteiger partial charge in [-0.1, -0.05) is 121 Å². The number of para-hydroxylation sites is 2. The number of rotatable bonds is 5. The summed E-state index contributed by atoms with van der Waals surface area (Å²) in [4.78, 5) is 0. The normalized spacial score (nSPS) is 11.6. The van der Waals surface area contributed by atoms with Crippen LogP contribution >= 0.6 is 11.6 Å². The highest BCUT2D eigenvalue weighted by Crippen LogP contribution is 2.40. The molecule has 2 heterocycles. The van der Waals surface area contributed by atoms with Crippen molar-refractivity contribution in [1.29, 1.82) is 0 Å². The number of benzene rings is 8. The lowest BCUT2D eigenvalue weighted by Crippen LogP contribution is -1.94. The van der Waals surface area contributed by atoms with Crippen LogP contribution in [-0.4, -0.2) is 9.13 Å². The molecule has 0 radical (unpaired) electrons. The second-order valence-corrected chi connectivity index (χ2v) is 13.6. The lowest BCUT2D eigenvalue weighted by Gasteiger charge is -2.11. The molecule has 0 atom stereocenters. The molecule has 0 saturated heterocycles. The van der Waals surface area contributed by atoms with Gasteiger partial charge in [0.05, 0.1) is 22.1 Å². The minimum Gasteiger partial charge on any atom is -0.309 e. The Hall–Kier alpha value is -6.35. The van der Waals surface area contributed by atoms with Gasteiger partial charge in [0.1, 0.15) is 0 Å². The van der Waals surface area contributed by atoms with E-state index >= 15 is 0 Å². The summed E-state index contributed by atoms with van der Waals surface area (Å²) in [6, 6.07) is 67.5. The van der Waals surface area contributed by atoms with Gasteiger partial charge in [-0.15, -0.1) is 0 Å². The number of aromatic nitrogens is 2. The summed E-state index contributed by atoms with van der Waals surface area (Å²) < 4.78 is 4.77. The number of fused-ring (bicyclic) bond motifs is 6. The van der Waals surface area contributed by atoms with Gasteiger partial charge >= 0.3 is 0 Å². The minimum atomic E-state index is 0.735. The predicted molar refractivity (Wildman–Crippen MR) is 216 cm³/mol. The lowest BCUT2D eigenvalue weighted by atomic mass is 9.99. The Morgan fingerprint density at radius 1 is 0.275 bits per heavy atom. The first-order valence-corrected chi connectivity index (χ1v) is 17.7. The van der Waals surface area contributed by atoms with E-state index in [0.29, 0.717) is 0 Å². The summed E-state index contributed by atoms with van der Waals surface area (Å²) in [5.41, 5.74) is 14.1. The van der Waals surface area contributed by atoms with E-state index in [-0.39, 0.29) is 0 Å². The molecule has 3 heteroatoms. The average Bonchev–Trinajstić information content (AvgIpc) is 3.70. The molecule has 0 aliphatic carbocycles. The van der Waals surface area contributed by atoms with E-state index in [4.69, 9.17) is 11.6 Å². The maximum atomic E-state index is 6.40. The molecular formula is C48H31ClN2. The molecule has 2 nitrogen and oxygen atoms in total. The number of hydrogen-bond donors (Lipinski definition) is 0. The molecule has 0 aliphatic rings. The van der Waals surface area contributed by atoms with Gasteiger partial charge in [-0.3, -0.25) is 0 Å². The molecule has 0 spiro atoms. The molecule has 0 unspecified atom stereocenters. The second-order valence-electron chi connectivity index (χ2n) is 13.1. The first kappa shape index (κ1) is 29.6. The van der Waals surface area contributed by atoms with Gasteiger partial charge in [-0.25, -0.2) is 0 Å².